The predicted octanol–water partition coefficient (Wildman–Crippen LogP) is 9.63. The lowest BCUT2D eigenvalue weighted by Crippen LogP contribution is -2.53. The Hall–Kier alpha value is -1.14. The number of rotatable bonds is 32. The molecule has 0 spiro atoms. The number of hydrogen-bond donors (Lipinski definition) is 0. The number of unbranched alkanes of at least 4 members (excludes halogenated alkanes) is 20. The van der Waals surface area contributed by atoms with Gasteiger partial charge in [0.05, 0.1) is 35.2 Å². The highest BCUT2D eigenvalue weighted by Crippen LogP contribution is 2.15. The molecule has 0 bridgehead atoms. The molecule has 0 amide bonds. The lowest BCUT2D eigenvalue weighted by molar-refractivity contribution is -0.938. The molecule has 6 nitrogen and oxygen atoms in total. The first-order valence-electron chi connectivity index (χ1n) is 19.0. The van der Waals surface area contributed by atoms with Crippen molar-refractivity contribution in [2.45, 2.75) is 174 Å². The molecule has 0 fully saturated rings. The van der Waals surface area contributed by atoms with Crippen molar-refractivity contribution in [1.82, 2.24) is 0 Å². The quantitative estimate of drug-likeness (QED) is 0.0424. The van der Waals surface area contributed by atoms with Gasteiger partial charge in [-0.2, -0.15) is 0 Å². The number of carbonyl (C=O) groups excluding carboxylic acids is 2. The third-order valence-electron chi connectivity index (χ3n) is 8.77. The average molecular weight is 627 g/mol. The van der Waals surface area contributed by atoms with Crippen LogP contribution in [0.5, 0.6) is 0 Å². The Kier molecular flexibility index (Phi) is 27.4. The van der Waals surface area contributed by atoms with Crippen LogP contribution in [-0.2, 0) is 19.1 Å². The van der Waals surface area contributed by atoms with Gasteiger partial charge in [-0.15, -0.1) is 0 Å². The first-order chi connectivity index (χ1) is 21.0. The summed E-state index contributed by atoms with van der Waals surface area (Å²) in [4.78, 5) is 25.3. The molecular formula is C38H78N2O4+2. The van der Waals surface area contributed by atoms with Crippen molar-refractivity contribution in [2.24, 2.45) is 0 Å². The Morgan fingerprint density at radius 3 is 1.25 bits per heavy atom. The zero-order valence-electron chi connectivity index (χ0n) is 30.9. The maximum atomic E-state index is 12.8. The first-order valence-corrected chi connectivity index (χ1v) is 19.0. The van der Waals surface area contributed by atoms with Gasteiger partial charge in [0.15, 0.2) is 6.10 Å². The second-order valence-electron chi connectivity index (χ2n) is 15.2. The SMILES string of the molecule is CCCCCCCCCCCCCC(=O)OC[C@@H](C[N+](C)(C)CC[N+](C)(C)C)OC(=O)CCCCCCCCCCCCC. The second-order valence-corrected chi connectivity index (χ2v) is 15.2. The Balaban J connectivity index is 4.38. The average Bonchev–Trinajstić information content (AvgIpc) is 2.96. The van der Waals surface area contributed by atoms with Crippen molar-refractivity contribution < 1.29 is 28.0 Å². The molecule has 0 unspecified atom stereocenters. The molecule has 0 N–H and O–H groups in total. The summed E-state index contributed by atoms with van der Waals surface area (Å²) in [6, 6.07) is 0. The van der Waals surface area contributed by atoms with Crippen molar-refractivity contribution in [3.05, 3.63) is 0 Å². The van der Waals surface area contributed by atoms with E-state index in [0.717, 1.165) is 47.7 Å². The molecule has 0 aliphatic carbocycles. The van der Waals surface area contributed by atoms with E-state index in [2.05, 4.69) is 49.1 Å². The zero-order valence-corrected chi connectivity index (χ0v) is 30.9. The minimum atomic E-state index is -0.404. The van der Waals surface area contributed by atoms with Crippen LogP contribution in [-0.4, -0.2) is 88.5 Å². The van der Waals surface area contributed by atoms with Crippen LogP contribution >= 0.6 is 0 Å². The van der Waals surface area contributed by atoms with Gasteiger partial charge in [-0.3, -0.25) is 9.59 Å². The summed E-state index contributed by atoms with van der Waals surface area (Å²) in [5, 5.41) is 0. The molecule has 0 aromatic carbocycles. The summed E-state index contributed by atoms with van der Waals surface area (Å²) >= 11 is 0. The van der Waals surface area contributed by atoms with Crippen molar-refractivity contribution in [3.8, 4) is 0 Å². The summed E-state index contributed by atoms with van der Waals surface area (Å²) in [6.07, 6.45) is 28.2. The van der Waals surface area contributed by atoms with Gasteiger partial charge in [-0.1, -0.05) is 142 Å². The predicted molar refractivity (Wildman–Crippen MR) is 188 cm³/mol. The first kappa shape index (κ1) is 42.9. The van der Waals surface area contributed by atoms with Crippen LogP contribution in [0.1, 0.15) is 168 Å². The van der Waals surface area contributed by atoms with E-state index in [1.165, 1.54) is 116 Å². The Morgan fingerprint density at radius 1 is 0.500 bits per heavy atom. The van der Waals surface area contributed by atoms with Crippen molar-refractivity contribution in [2.75, 3.05) is 61.5 Å². The molecule has 44 heavy (non-hydrogen) atoms. The van der Waals surface area contributed by atoms with Crippen LogP contribution in [0, 0.1) is 0 Å². The van der Waals surface area contributed by atoms with Gasteiger partial charge in [0.25, 0.3) is 0 Å². The highest BCUT2D eigenvalue weighted by Gasteiger charge is 2.28. The van der Waals surface area contributed by atoms with Gasteiger partial charge in [0.1, 0.15) is 26.2 Å². The molecule has 0 saturated heterocycles. The van der Waals surface area contributed by atoms with E-state index in [1.54, 1.807) is 0 Å². The maximum absolute atomic E-state index is 12.8. The fourth-order valence-electron chi connectivity index (χ4n) is 5.71. The Bertz CT molecular complexity index is 674. The molecule has 0 rings (SSSR count). The summed E-state index contributed by atoms with van der Waals surface area (Å²) in [6.45, 7) is 7.31. The molecule has 0 aromatic heterocycles. The van der Waals surface area contributed by atoms with E-state index in [0.29, 0.717) is 19.4 Å². The molecule has 0 radical (unpaired) electrons. The molecule has 0 aliphatic heterocycles. The standard InChI is InChI=1S/C38H78N2O4/c1-8-10-12-14-16-18-20-22-24-26-28-30-37(41)43-35-36(34-40(6,7)33-32-39(3,4)5)44-38(42)31-29-27-25-23-21-19-17-15-13-11-9-2/h36H,8-35H2,1-7H3/q+2/t36-/m1/s1. The molecule has 0 heterocycles. The van der Waals surface area contributed by atoms with E-state index in [9.17, 15) is 9.59 Å². The summed E-state index contributed by atoms with van der Waals surface area (Å²) in [5.74, 6) is -0.317. The molecular weight excluding hydrogens is 548 g/mol. The maximum Gasteiger partial charge on any atom is 0.306 e. The third-order valence-corrected chi connectivity index (χ3v) is 8.77. The minimum absolute atomic E-state index is 0.154. The summed E-state index contributed by atoms with van der Waals surface area (Å²) in [7, 11) is 10.9. The van der Waals surface area contributed by atoms with Crippen LogP contribution in [0.15, 0.2) is 0 Å². The number of ether oxygens (including phenoxy) is 2. The van der Waals surface area contributed by atoms with Gasteiger partial charge in [-0.05, 0) is 12.8 Å². The van der Waals surface area contributed by atoms with Crippen LogP contribution < -0.4 is 0 Å². The van der Waals surface area contributed by atoms with Crippen LogP contribution in [0.3, 0.4) is 0 Å². The van der Waals surface area contributed by atoms with E-state index >= 15 is 0 Å². The van der Waals surface area contributed by atoms with Crippen LogP contribution in [0.2, 0.25) is 0 Å². The van der Waals surface area contributed by atoms with Gasteiger partial charge in [-0.25, -0.2) is 0 Å². The Morgan fingerprint density at radius 2 is 0.864 bits per heavy atom. The molecule has 6 heteroatoms. The summed E-state index contributed by atoms with van der Waals surface area (Å²) in [5.41, 5.74) is 0. The molecule has 262 valence electrons. The molecule has 0 aliphatic rings. The molecule has 1 atom stereocenters. The van der Waals surface area contributed by atoms with Crippen molar-refractivity contribution >= 4 is 11.9 Å². The fraction of sp³-hybridized carbons (Fsp3) is 0.947. The number of esters is 2. The fourth-order valence-corrected chi connectivity index (χ4v) is 5.71. The topological polar surface area (TPSA) is 52.6 Å². The normalized spacial score (nSPS) is 12.8. The largest absolute Gasteiger partial charge is 0.461 e. The van der Waals surface area contributed by atoms with Crippen molar-refractivity contribution in [3.63, 3.8) is 0 Å². The smallest absolute Gasteiger partial charge is 0.306 e. The highest BCUT2D eigenvalue weighted by molar-refractivity contribution is 5.70. The monoisotopic (exact) mass is 627 g/mol. The number of carbonyl (C=O) groups is 2. The lowest BCUT2D eigenvalue weighted by atomic mass is 10.1. The van der Waals surface area contributed by atoms with Crippen LogP contribution in [0.25, 0.3) is 0 Å². The molecule has 0 saturated carbocycles. The second kappa shape index (κ2) is 28.1. The van der Waals surface area contributed by atoms with Gasteiger partial charge in [0, 0.05) is 12.8 Å². The zero-order chi connectivity index (χ0) is 32.9. The van der Waals surface area contributed by atoms with Gasteiger partial charge < -0.3 is 18.4 Å². The number of likely N-dealkylation sites (N-methyl/N-ethyl adjacent to an activating group) is 2. The number of nitrogens with zero attached hydrogens (tertiary/aromatic N) is 2. The van der Waals surface area contributed by atoms with E-state index in [-0.39, 0.29) is 18.5 Å². The lowest BCUT2D eigenvalue weighted by Gasteiger charge is -2.35. The third kappa shape index (κ3) is 30.9. The highest BCUT2D eigenvalue weighted by atomic mass is 16.6. The van der Waals surface area contributed by atoms with Gasteiger partial charge >= 0.3 is 11.9 Å². The minimum Gasteiger partial charge on any atom is -0.461 e. The van der Waals surface area contributed by atoms with Crippen LogP contribution in [0.4, 0.5) is 0 Å². The van der Waals surface area contributed by atoms with E-state index in [1.807, 2.05) is 0 Å². The van der Waals surface area contributed by atoms with Crippen molar-refractivity contribution in [1.29, 1.82) is 0 Å². The number of quaternary nitrogens is 2. The van der Waals surface area contributed by atoms with Gasteiger partial charge in [0.2, 0.25) is 0 Å². The Labute approximate surface area is 275 Å². The summed E-state index contributed by atoms with van der Waals surface area (Å²) < 4.78 is 13.2. The molecule has 0 aromatic rings. The number of hydrogen-bond acceptors (Lipinski definition) is 4. The van der Waals surface area contributed by atoms with E-state index in [4.69, 9.17) is 9.47 Å². The van der Waals surface area contributed by atoms with E-state index < -0.39 is 6.10 Å².